The summed E-state index contributed by atoms with van der Waals surface area (Å²) in [5.74, 6) is -2.79. The van der Waals surface area contributed by atoms with Crippen LogP contribution in [0.1, 0.15) is 40.5 Å². The Kier molecular flexibility index (Phi) is 6.77. The lowest BCUT2D eigenvalue weighted by atomic mass is 9.88. The van der Waals surface area contributed by atoms with E-state index in [1.165, 1.54) is 7.11 Å². The summed E-state index contributed by atoms with van der Waals surface area (Å²) < 4.78 is 14.9. The minimum Gasteiger partial charge on any atom is -0.469 e. The SMILES string of the molecule is CCOC(=O)[C@]1(NC(=O)CNC(=O)OC(C)(C)C)C[C@H](O)[C@H]2[C@H](CC(=O)OC)[C@H]21. The van der Waals surface area contributed by atoms with E-state index in [2.05, 4.69) is 15.4 Å². The van der Waals surface area contributed by atoms with Gasteiger partial charge in [-0.15, -0.1) is 0 Å². The minimum atomic E-state index is -1.45. The summed E-state index contributed by atoms with van der Waals surface area (Å²) in [6, 6.07) is 0. The lowest BCUT2D eigenvalue weighted by molar-refractivity contribution is -0.155. The third kappa shape index (κ3) is 5.17. The number of nitrogens with one attached hydrogen (secondary N) is 2. The molecule has 0 heterocycles. The van der Waals surface area contributed by atoms with Crippen LogP contribution in [0.25, 0.3) is 0 Å². The van der Waals surface area contributed by atoms with Crippen molar-refractivity contribution in [2.24, 2.45) is 17.8 Å². The van der Waals surface area contributed by atoms with Crippen LogP contribution in [-0.4, -0.2) is 66.6 Å². The Balaban J connectivity index is 2.09. The van der Waals surface area contributed by atoms with Crippen molar-refractivity contribution in [1.29, 1.82) is 0 Å². The number of fused-ring (bicyclic) bond motifs is 1. The number of alkyl carbamates (subject to hydrolysis) is 1. The molecule has 0 aromatic rings. The Labute approximate surface area is 169 Å². The van der Waals surface area contributed by atoms with Crippen molar-refractivity contribution in [2.75, 3.05) is 20.3 Å². The van der Waals surface area contributed by atoms with Crippen LogP contribution in [0.3, 0.4) is 0 Å². The molecule has 2 fully saturated rings. The second-order valence-electron chi connectivity index (χ2n) is 8.41. The van der Waals surface area contributed by atoms with Gasteiger partial charge in [-0.1, -0.05) is 0 Å². The van der Waals surface area contributed by atoms with E-state index in [1.807, 2.05) is 0 Å². The summed E-state index contributed by atoms with van der Waals surface area (Å²) in [6.45, 7) is 6.40. The van der Waals surface area contributed by atoms with E-state index in [1.54, 1.807) is 27.7 Å². The molecule has 2 aliphatic rings. The van der Waals surface area contributed by atoms with E-state index in [0.29, 0.717) is 0 Å². The predicted molar refractivity (Wildman–Crippen MR) is 99.5 cm³/mol. The largest absolute Gasteiger partial charge is 0.469 e. The van der Waals surface area contributed by atoms with Crippen LogP contribution in [0.2, 0.25) is 0 Å². The third-order valence-corrected chi connectivity index (χ3v) is 5.20. The number of carbonyl (C=O) groups excluding carboxylic acids is 4. The van der Waals surface area contributed by atoms with Gasteiger partial charge in [0, 0.05) is 18.8 Å². The van der Waals surface area contributed by atoms with Gasteiger partial charge in [0.2, 0.25) is 5.91 Å². The summed E-state index contributed by atoms with van der Waals surface area (Å²) in [5.41, 5.74) is -2.17. The molecule has 0 radical (unpaired) electrons. The summed E-state index contributed by atoms with van der Waals surface area (Å²) in [7, 11) is 1.26. The first-order valence-electron chi connectivity index (χ1n) is 9.65. The molecule has 0 aliphatic heterocycles. The van der Waals surface area contributed by atoms with Gasteiger partial charge in [-0.3, -0.25) is 9.59 Å². The molecule has 0 spiro atoms. The smallest absolute Gasteiger partial charge is 0.408 e. The first-order chi connectivity index (χ1) is 13.4. The molecular formula is C19H30N2O8. The molecule has 5 atom stereocenters. The van der Waals surface area contributed by atoms with Gasteiger partial charge >= 0.3 is 18.0 Å². The molecule has 2 amide bonds. The second kappa shape index (κ2) is 8.56. The molecule has 2 aliphatic carbocycles. The van der Waals surface area contributed by atoms with E-state index in [-0.39, 0.29) is 31.3 Å². The molecule has 0 aromatic carbocycles. The maximum atomic E-state index is 12.7. The highest BCUT2D eigenvalue weighted by molar-refractivity contribution is 5.91. The standard InChI is InChI=1S/C19H30N2O8/c1-6-28-16(25)19(21-12(23)9-20-17(26)29-18(2,3)4)8-11(22)14-10(15(14)19)7-13(24)27-5/h10-11,14-15,22H,6-9H2,1-5H3,(H,20,26)(H,21,23)/t10-,11-,14+,15+,19-/m0/s1. The molecule has 10 heteroatoms. The van der Waals surface area contributed by atoms with Crippen molar-refractivity contribution >= 4 is 23.9 Å². The zero-order chi connectivity index (χ0) is 22.0. The fourth-order valence-corrected chi connectivity index (χ4v) is 4.18. The van der Waals surface area contributed by atoms with Gasteiger partial charge in [0.25, 0.3) is 0 Å². The number of amides is 2. The summed E-state index contributed by atoms with van der Waals surface area (Å²) in [4.78, 5) is 48.6. The topological polar surface area (TPSA) is 140 Å². The number of esters is 2. The average molecular weight is 414 g/mol. The van der Waals surface area contributed by atoms with Crippen molar-refractivity contribution in [3.8, 4) is 0 Å². The molecular weight excluding hydrogens is 384 g/mol. The van der Waals surface area contributed by atoms with Crippen LogP contribution in [-0.2, 0) is 28.6 Å². The summed E-state index contributed by atoms with van der Waals surface area (Å²) in [6.07, 6.45) is -1.61. The Morgan fingerprint density at radius 2 is 1.86 bits per heavy atom. The fourth-order valence-electron chi connectivity index (χ4n) is 4.18. The van der Waals surface area contributed by atoms with E-state index >= 15 is 0 Å². The Hall–Kier alpha value is -2.36. The molecule has 0 aromatic heterocycles. The van der Waals surface area contributed by atoms with E-state index < -0.39 is 53.6 Å². The maximum absolute atomic E-state index is 12.7. The van der Waals surface area contributed by atoms with Crippen LogP contribution < -0.4 is 10.6 Å². The van der Waals surface area contributed by atoms with Crippen LogP contribution in [0, 0.1) is 17.8 Å². The summed E-state index contributed by atoms with van der Waals surface area (Å²) >= 11 is 0. The van der Waals surface area contributed by atoms with Gasteiger partial charge in [-0.05, 0) is 39.5 Å². The summed E-state index contributed by atoms with van der Waals surface area (Å²) in [5, 5.41) is 15.4. The van der Waals surface area contributed by atoms with Crippen molar-refractivity contribution < 1.29 is 38.5 Å². The van der Waals surface area contributed by atoms with Gasteiger partial charge in [0.1, 0.15) is 17.7 Å². The minimum absolute atomic E-state index is 0.0168. The highest BCUT2D eigenvalue weighted by Crippen LogP contribution is 2.64. The van der Waals surface area contributed by atoms with Crippen molar-refractivity contribution in [2.45, 2.75) is 57.8 Å². The van der Waals surface area contributed by atoms with Gasteiger partial charge in [-0.2, -0.15) is 0 Å². The van der Waals surface area contributed by atoms with Crippen LogP contribution >= 0.6 is 0 Å². The van der Waals surface area contributed by atoms with Gasteiger partial charge < -0.3 is 30.0 Å². The number of hydrogen-bond acceptors (Lipinski definition) is 8. The highest BCUT2D eigenvalue weighted by Gasteiger charge is 2.73. The number of carbonyl (C=O) groups is 4. The first kappa shape index (κ1) is 22.9. The second-order valence-corrected chi connectivity index (χ2v) is 8.41. The maximum Gasteiger partial charge on any atom is 0.408 e. The Morgan fingerprint density at radius 1 is 1.21 bits per heavy atom. The molecule has 2 rings (SSSR count). The molecule has 0 unspecified atom stereocenters. The Morgan fingerprint density at radius 3 is 2.41 bits per heavy atom. The average Bonchev–Trinajstić information content (AvgIpc) is 3.23. The predicted octanol–water partition coefficient (Wildman–Crippen LogP) is 0.119. The number of methoxy groups -OCH3 is 1. The van der Waals surface area contributed by atoms with Crippen molar-refractivity contribution in [3.05, 3.63) is 0 Å². The molecule has 2 saturated carbocycles. The lowest BCUT2D eigenvalue weighted by Gasteiger charge is -2.31. The van der Waals surface area contributed by atoms with Gasteiger partial charge in [-0.25, -0.2) is 9.59 Å². The fraction of sp³-hybridized carbons (Fsp3) is 0.789. The third-order valence-electron chi connectivity index (χ3n) is 5.20. The molecule has 164 valence electrons. The molecule has 0 saturated heterocycles. The quantitative estimate of drug-likeness (QED) is 0.394. The monoisotopic (exact) mass is 414 g/mol. The normalized spacial score (nSPS) is 30.0. The zero-order valence-corrected chi connectivity index (χ0v) is 17.4. The van der Waals surface area contributed by atoms with Gasteiger partial charge in [0.05, 0.1) is 19.8 Å². The van der Waals surface area contributed by atoms with Crippen LogP contribution in [0.5, 0.6) is 0 Å². The lowest BCUT2D eigenvalue weighted by Crippen LogP contribution is -2.59. The van der Waals surface area contributed by atoms with Crippen molar-refractivity contribution in [1.82, 2.24) is 10.6 Å². The number of rotatable bonds is 7. The molecule has 0 bridgehead atoms. The van der Waals surface area contributed by atoms with E-state index in [0.717, 1.165) is 0 Å². The number of aliphatic hydroxyl groups excluding tert-OH is 1. The van der Waals surface area contributed by atoms with Crippen LogP contribution in [0.4, 0.5) is 4.79 Å². The first-order valence-corrected chi connectivity index (χ1v) is 9.65. The van der Waals surface area contributed by atoms with E-state index in [4.69, 9.17) is 9.47 Å². The number of aliphatic hydroxyl groups is 1. The molecule has 3 N–H and O–H groups in total. The number of ether oxygens (including phenoxy) is 3. The van der Waals surface area contributed by atoms with Crippen LogP contribution in [0.15, 0.2) is 0 Å². The zero-order valence-electron chi connectivity index (χ0n) is 17.4. The van der Waals surface area contributed by atoms with Gasteiger partial charge in [0.15, 0.2) is 0 Å². The molecule has 10 nitrogen and oxygen atoms in total. The van der Waals surface area contributed by atoms with E-state index in [9.17, 15) is 24.3 Å². The Bertz CT molecular complexity index is 674. The number of hydrogen-bond donors (Lipinski definition) is 3. The highest BCUT2D eigenvalue weighted by atomic mass is 16.6. The van der Waals surface area contributed by atoms with Crippen molar-refractivity contribution in [3.63, 3.8) is 0 Å². The molecule has 29 heavy (non-hydrogen) atoms.